The van der Waals surface area contributed by atoms with Gasteiger partial charge in [-0.05, 0) is 12.8 Å². The maximum Gasteiger partial charge on any atom is 0.306 e. The summed E-state index contributed by atoms with van der Waals surface area (Å²) in [4.78, 5) is 13.1. The summed E-state index contributed by atoms with van der Waals surface area (Å²) in [6.45, 7) is 3.77. The van der Waals surface area contributed by atoms with E-state index in [9.17, 15) is 40.5 Å². The molecule has 11 atom stereocenters. The molecular weight excluding hydrogens is 933 g/mol. The summed E-state index contributed by atoms with van der Waals surface area (Å²) in [6, 6.07) is 0. The van der Waals surface area contributed by atoms with E-state index in [4.69, 9.17) is 28.4 Å². The van der Waals surface area contributed by atoms with Crippen LogP contribution in [0.1, 0.15) is 271 Å². The van der Waals surface area contributed by atoms with E-state index in [0.717, 1.165) is 44.9 Å². The molecule has 0 saturated carbocycles. The van der Waals surface area contributed by atoms with Crippen molar-refractivity contribution in [3.05, 3.63) is 0 Å². The van der Waals surface area contributed by atoms with Crippen LogP contribution < -0.4 is 0 Å². The average Bonchev–Trinajstić information content (AvgIpc) is 3.39. The number of ether oxygens (including phenoxy) is 6. The first-order chi connectivity index (χ1) is 35.6. The third-order valence-corrected chi connectivity index (χ3v) is 15.1. The molecule has 2 fully saturated rings. The Bertz CT molecular complexity index is 1210. The molecule has 0 spiro atoms. The molecule has 11 unspecified atom stereocenters. The Morgan fingerprint density at radius 3 is 1.11 bits per heavy atom. The lowest BCUT2D eigenvalue weighted by atomic mass is 9.98. The number of hydrogen-bond donors (Lipinski definition) is 7. The summed E-state index contributed by atoms with van der Waals surface area (Å²) in [5.41, 5.74) is 0. The van der Waals surface area contributed by atoms with Gasteiger partial charge in [-0.15, -0.1) is 0 Å². The number of hydrogen-bond acceptors (Lipinski definition) is 14. The van der Waals surface area contributed by atoms with Crippen molar-refractivity contribution in [3.8, 4) is 0 Å². The van der Waals surface area contributed by atoms with Crippen LogP contribution in [0.4, 0.5) is 0 Å². The first-order valence-electron chi connectivity index (χ1n) is 30.6. The molecule has 7 N–H and O–H groups in total. The maximum absolute atomic E-state index is 13.1. The maximum atomic E-state index is 13.1. The van der Waals surface area contributed by atoms with Gasteiger partial charge in [0.05, 0.1) is 26.4 Å². The van der Waals surface area contributed by atoms with Gasteiger partial charge in [-0.2, -0.15) is 0 Å². The minimum Gasteiger partial charge on any atom is -0.457 e. The fourth-order valence-corrected chi connectivity index (χ4v) is 10.2. The number of unbranched alkanes of at least 4 members (excludes halogenated alkanes) is 37. The van der Waals surface area contributed by atoms with Crippen molar-refractivity contribution in [3.63, 3.8) is 0 Å². The quantitative estimate of drug-likeness (QED) is 0.0223. The van der Waals surface area contributed by atoms with E-state index in [1.807, 2.05) is 0 Å². The van der Waals surface area contributed by atoms with Crippen LogP contribution in [0.3, 0.4) is 0 Å². The predicted octanol–water partition coefficient (Wildman–Crippen LogP) is 11.2. The van der Waals surface area contributed by atoms with Gasteiger partial charge in [-0.3, -0.25) is 4.79 Å². The third kappa shape index (κ3) is 33.8. The van der Waals surface area contributed by atoms with E-state index in [1.54, 1.807) is 0 Å². The summed E-state index contributed by atoms with van der Waals surface area (Å²) in [7, 11) is 0. The van der Waals surface area contributed by atoms with Gasteiger partial charge in [0.15, 0.2) is 12.6 Å². The molecule has 2 aliphatic heterocycles. The lowest BCUT2D eigenvalue weighted by Crippen LogP contribution is -2.61. The molecule has 0 aromatic rings. The van der Waals surface area contributed by atoms with Gasteiger partial charge in [0.1, 0.15) is 54.9 Å². The Kier molecular flexibility index (Phi) is 43.9. The number of aliphatic hydroxyl groups excluding tert-OH is 7. The normalized spacial score (nSPS) is 24.8. The van der Waals surface area contributed by atoms with Gasteiger partial charge in [-0.1, -0.05) is 251 Å². The van der Waals surface area contributed by atoms with E-state index < -0.39 is 80.7 Å². The second-order valence-electron chi connectivity index (χ2n) is 21.9. The molecule has 0 aromatic carbocycles. The standard InChI is InChI=1S/C59H114O14/c1-3-5-7-9-11-13-15-17-19-21-22-23-24-25-26-27-28-30-32-34-36-38-40-42-51(61)71-48(45-68-43-41-39-37-35-33-31-29-20-18-16-14-12-10-8-6-4-2)46-69-58-57(67)55(65)53(63)50(73-58)47-70-59-56(66)54(64)52(62)49(44-60)72-59/h48-50,52-60,62-67H,3-47H2,1-2H3. The van der Waals surface area contributed by atoms with Gasteiger partial charge in [0.25, 0.3) is 0 Å². The molecular formula is C59H114O14. The van der Waals surface area contributed by atoms with Crippen LogP contribution in [0, 0.1) is 0 Å². The van der Waals surface area contributed by atoms with Crippen molar-refractivity contribution in [2.24, 2.45) is 0 Å². The number of esters is 1. The summed E-state index contributed by atoms with van der Waals surface area (Å²) < 4.78 is 34.4. The van der Waals surface area contributed by atoms with Crippen LogP contribution in [0.15, 0.2) is 0 Å². The van der Waals surface area contributed by atoms with Gasteiger partial charge in [0.2, 0.25) is 0 Å². The van der Waals surface area contributed by atoms with Crippen LogP contribution in [0.5, 0.6) is 0 Å². The van der Waals surface area contributed by atoms with E-state index in [2.05, 4.69) is 13.8 Å². The molecule has 0 aromatic heterocycles. The molecule has 73 heavy (non-hydrogen) atoms. The Morgan fingerprint density at radius 2 is 0.726 bits per heavy atom. The SMILES string of the molecule is CCCCCCCCCCCCCCCCCCCCCCCCCC(=O)OC(COCCCCCCCCCCCCCCCCCC)COC1OC(COC2OC(CO)C(O)C(O)C2O)C(O)C(O)C1O. The minimum absolute atomic E-state index is 0.0710. The van der Waals surface area contributed by atoms with Crippen LogP contribution in [0.2, 0.25) is 0 Å². The highest BCUT2D eigenvalue weighted by atomic mass is 16.7. The second-order valence-corrected chi connectivity index (χ2v) is 21.9. The monoisotopic (exact) mass is 1050 g/mol. The zero-order valence-electron chi connectivity index (χ0n) is 46.7. The topological polar surface area (TPSA) is 214 Å². The Morgan fingerprint density at radius 1 is 0.397 bits per heavy atom. The zero-order chi connectivity index (χ0) is 53.0. The lowest BCUT2D eigenvalue weighted by Gasteiger charge is -2.42. The van der Waals surface area contributed by atoms with Crippen molar-refractivity contribution in [2.75, 3.05) is 33.0 Å². The number of carbonyl (C=O) groups excluding carboxylic acids is 1. The van der Waals surface area contributed by atoms with E-state index >= 15 is 0 Å². The van der Waals surface area contributed by atoms with Crippen molar-refractivity contribution in [1.29, 1.82) is 0 Å². The first kappa shape index (κ1) is 68.1. The van der Waals surface area contributed by atoms with Crippen molar-refractivity contribution in [2.45, 2.75) is 338 Å². The van der Waals surface area contributed by atoms with Gasteiger partial charge < -0.3 is 64.2 Å². The van der Waals surface area contributed by atoms with Crippen molar-refractivity contribution in [1.82, 2.24) is 0 Å². The first-order valence-corrected chi connectivity index (χ1v) is 30.6. The van der Waals surface area contributed by atoms with Crippen LogP contribution in [0.25, 0.3) is 0 Å². The highest BCUT2D eigenvalue weighted by Gasteiger charge is 2.47. The van der Waals surface area contributed by atoms with Crippen LogP contribution in [-0.2, 0) is 33.2 Å². The molecule has 14 heteroatoms. The second kappa shape index (κ2) is 47.0. The molecule has 0 amide bonds. The number of aliphatic hydroxyl groups is 7. The Hall–Kier alpha value is -1.01. The fourth-order valence-electron chi connectivity index (χ4n) is 10.2. The molecule has 14 nitrogen and oxygen atoms in total. The van der Waals surface area contributed by atoms with Crippen molar-refractivity contribution >= 4 is 5.97 Å². The minimum atomic E-state index is -1.70. The van der Waals surface area contributed by atoms with Gasteiger partial charge in [-0.25, -0.2) is 0 Å². The predicted molar refractivity (Wildman–Crippen MR) is 289 cm³/mol. The van der Waals surface area contributed by atoms with Crippen LogP contribution in [-0.4, -0.2) is 142 Å². The molecule has 2 rings (SSSR count). The number of rotatable bonds is 51. The molecule has 434 valence electrons. The van der Waals surface area contributed by atoms with E-state index in [-0.39, 0.29) is 25.6 Å². The van der Waals surface area contributed by atoms with Crippen molar-refractivity contribution < 1.29 is 69.0 Å². The van der Waals surface area contributed by atoms with E-state index in [1.165, 1.54) is 205 Å². The summed E-state index contributed by atoms with van der Waals surface area (Å²) in [5.74, 6) is -0.366. The molecule has 2 saturated heterocycles. The number of carbonyl (C=O) groups is 1. The molecule has 0 aliphatic carbocycles. The molecule has 0 radical (unpaired) electrons. The van der Waals surface area contributed by atoms with Gasteiger partial charge >= 0.3 is 5.97 Å². The largest absolute Gasteiger partial charge is 0.457 e. The zero-order valence-corrected chi connectivity index (χ0v) is 46.7. The molecule has 2 heterocycles. The summed E-state index contributed by atoms with van der Waals surface area (Å²) in [6.07, 6.45) is 34.5. The smallest absolute Gasteiger partial charge is 0.306 e. The summed E-state index contributed by atoms with van der Waals surface area (Å²) >= 11 is 0. The third-order valence-electron chi connectivity index (χ3n) is 15.1. The fraction of sp³-hybridized carbons (Fsp3) is 0.983. The highest BCUT2D eigenvalue weighted by Crippen LogP contribution is 2.27. The van der Waals surface area contributed by atoms with Crippen LogP contribution >= 0.6 is 0 Å². The highest BCUT2D eigenvalue weighted by molar-refractivity contribution is 5.69. The summed E-state index contributed by atoms with van der Waals surface area (Å²) in [5, 5.41) is 72.4. The Balaban J connectivity index is 1.67. The lowest BCUT2D eigenvalue weighted by molar-refractivity contribution is -0.332. The van der Waals surface area contributed by atoms with Gasteiger partial charge in [0, 0.05) is 13.0 Å². The Labute approximate surface area is 444 Å². The average molecular weight is 1050 g/mol. The van der Waals surface area contributed by atoms with E-state index in [0.29, 0.717) is 6.61 Å². The molecule has 0 bridgehead atoms. The molecule has 2 aliphatic rings.